The van der Waals surface area contributed by atoms with Crippen LogP contribution < -0.4 is 15.5 Å². The van der Waals surface area contributed by atoms with E-state index in [1.807, 2.05) is 6.92 Å². The summed E-state index contributed by atoms with van der Waals surface area (Å²) in [4.78, 5) is 28.0. The van der Waals surface area contributed by atoms with Gasteiger partial charge in [0.05, 0.1) is 11.6 Å². The number of pyridine rings is 1. The third kappa shape index (κ3) is 4.54. The first-order chi connectivity index (χ1) is 17.0. The minimum Gasteiger partial charge on any atom is -0.324 e. The maximum Gasteiger partial charge on any atom is 0.262 e. The fourth-order valence-corrected chi connectivity index (χ4v) is 4.47. The Kier molecular flexibility index (Phi) is 6.33. The quantitative estimate of drug-likeness (QED) is 0.434. The molecular formula is C26H24F2N6O. The van der Waals surface area contributed by atoms with Crippen molar-refractivity contribution >= 4 is 34.1 Å². The van der Waals surface area contributed by atoms with Gasteiger partial charge in [-0.05, 0) is 68.3 Å². The fourth-order valence-electron chi connectivity index (χ4n) is 4.47. The van der Waals surface area contributed by atoms with Gasteiger partial charge >= 0.3 is 0 Å². The number of aryl methyl sites for hydroxylation is 1. The van der Waals surface area contributed by atoms with Crippen LogP contribution in [-0.2, 0) is 0 Å². The van der Waals surface area contributed by atoms with Crippen molar-refractivity contribution in [2.24, 2.45) is 0 Å². The predicted octanol–water partition coefficient (Wildman–Crippen LogP) is 4.75. The molecule has 5 rings (SSSR count). The highest BCUT2D eigenvalue weighted by molar-refractivity contribution is 6.11. The molecule has 4 aromatic rings. The second-order valence-corrected chi connectivity index (χ2v) is 8.49. The SMILES string of the molecule is Cc1ccc(F)c2ccnc(N(C(=O)c3ccc(Nc4ncccn4)cc3F)[C@@H]3CCCNC3)c12. The van der Waals surface area contributed by atoms with Crippen molar-refractivity contribution < 1.29 is 13.6 Å². The molecule has 1 aliphatic rings. The first-order valence-corrected chi connectivity index (χ1v) is 11.4. The van der Waals surface area contributed by atoms with Crippen molar-refractivity contribution in [1.29, 1.82) is 0 Å². The van der Waals surface area contributed by atoms with Gasteiger partial charge in [0, 0.05) is 41.6 Å². The van der Waals surface area contributed by atoms with Crippen molar-refractivity contribution in [2.75, 3.05) is 23.3 Å². The van der Waals surface area contributed by atoms with Gasteiger partial charge in [0.25, 0.3) is 5.91 Å². The molecule has 1 fully saturated rings. The van der Waals surface area contributed by atoms with E-state index in [0.717, 1.165) is 24.9 Å². The lowest BCUT2D eigenvalue weighted by molar-refractivity contribution is 0.0968. The van der Waals surface area contributed by atoms with Gasteiger partial charge in [0.2, 0.25) is 5.95 Å². The Balaban J connectivity index is 1.57. The number of aromatic nitrogens is 3. The maximum absolute atomic E-state index is 15.3. The summed E-state index contributed by atoms with van der Waals surface area (Å²) in [7, 11) is 0. The van der Waals surface area contributed by atoms with E-state index < -0.39 is 17.5 Å². The summed E-state index contributed by atoms with van der Waals surface area (Å²) in [5.74, 6) is -0.959. The van der Waals surface area contributed by atoms with E-state index in [1.165, 1.54) is 29.3 Å². The standard InChI is InChI=1S/C26H24F2N6O/c1-16-5-8-21(27)19-9-13-30-24(23(16)19)34(18-4-2-10-29-15-18)25(35)20-7-6-17(14-22(20)28)33-26-31-11-3-12-32-26/h3,5-9,11-14,18,29H,2,4,10,15H2,1H3,(H,31,32,33)/t18-/m1/s1. The molecule has 1 saturated heterocycles. The summed E-state index contributed by atoms with van der Waals surface area (Å²) >= 11 is 0. The molecule has 2 aromatic heterocycles. The average molecular weight is 475 g/mol. The van der Waals surface area contributed by atoms with Crippen molar-refractivity contribution in [1.82, 2.24) is 20.3 Å². The summed E-state index contributed by atoms with van der Waals surface area (Å²) < 4.78 is 29.9. The molecule has 0 saturated carbocycles. The normalized spacial score (nSPS) is 15.7. The zero-order valence-corrected chi connectivity index (χ0v) is 19.1. The topological polar surface area (TPSA) is 83.0 Å². The molecule has 0 bridgehead atoms. The van der Waals surface area contributed by atoms with Crippen molar-refractivity contribution in [3.63, 3.8) is 0 Å². The number of fused-ring (bicyclic) bond motifs is 1. The van der Waals surface area contributed by atoms with Crippen LogP contribution in [0, 0.1) is 18.6 Å². The number of nitrogens with zero attached hydrogens (tertiary/aromatic N) is 4. The summed E-state index contributed by atoms with van der Waals surface area (Å²) in [6.07, 6.45) is 6.20. The predicted molar refractivity (Wildman–Crippen MR) is 131 cm³/mol. The van der Waals surface area contributed by atoms with Crippen LogP contribution in [-0.4, -0.2) is 40.0 Å². The molecule has 1 aliphatic heterocycles. The molecule has 178 valence electrons. The van der Waals surface area contributed by atoms with Crippen LogP contribution in [0.2, 0.25) is 0 Å². The second kappa shape index (κ2) is 9.71. The molecule has 9 heteroatoms. The van der Waals surface area contributed by atoms with Crippen LogP contribution >= 0.6 is 0 Å². The van der Waals surface area contributed by atoms with Gasteiger partial charge in [-0.2, -0.15) is 0 Å². The first-order valence-electron chi connectivity index (χ1n) is 11.4. The van der Waals surface area contributed by atoms with Gasteiger partial charge in [-0.15, -0.1) is 0 Å². The van der Waals surface area contributed by atoms with Crippen LogP contribution in [0.1, 0.15) is 28.8 Å². The Morgan fingerprint density at radius 3 is 2.63 bits per heavy atom. The number of benzene rings is 2. The van der Waals surface area contributed by atoms with E-state index in [1.54, 1.807) is 36.7 Å². The van der Waals surface area contributed by atoms with Gasteiger partial charge in [0.1, 0.15) is 17.5 Å². The van der Waals surface area contributed by atoms with Crippen LogP contribution in [0.5, 0.6) is 0 Å². The van der Waals surface area contributed by atoms with Gasteiger partial charge in [-0.1, -0.05) is 6.07 Å². The first kappa shape index (κ1) is 22.8. The lowest BCUT2D eigenvalue weighted by atomic mass is 10.0. The third-order valence-electron chi connectivity index (χ3n) is 6.17. The monoisotopic (exact) mass is 474 g/mol. The molecular weight excluding hydrogens is 450 g/mol. The Labute approximate surface area is 201 Å². The minimum absolute atomic E-state index is 0.0945. The smallest absolute Gasteiger partial charge is 0.262 e. The summed E-state index contributed by atoms with van der Waals surface area (Å²) in [5.41, 5.74) is 1.11. The molecule has 35 heavy (non-hydrogen) atoms. The molecule has 2 N–H and O–H groups in total. The zero-order chi connectivity index (χ0) is 24.4. The van der Waals surface area contributed by atoms with Crippen LogP contribution in [0.3, 0.4) is 0 Å². The van der Waals surface area contributed by atoms with Gasteiger partial charge in [-0.3, -0.25) is 9.69 Å². The second-order valence-electron chi connectivity index (χ2n) is 8.49. The average Bonchev–Trinajstić information content (AvgIpc) is 2.88. The zero-order valence-electron chi connectivity index (χ0n) is 19.1. The number of rotatable bonds is 5. The third-order valence-corrected chi connectivity index (χ3v) is 6.17. The number of amides is 1. The number of carbonyl (C=O) groups is 1. The fraction of sp³-hybridized carbons (Fsp3) is 0.231. The van der Waals surface area contributed by atoms with E-state index in [9.17, 15) is 9.18 Å². The number of halogens is 2. The number of nitrogens with one attached hydrogen (secondary N) is 2. The Bertz CT molecular complexity index is 1380. The largest absolute Gasteiger partial charge is 0.324 e. The van der Waals surface area contributed by atoms with Crippen molar-refractivity contribution in [3.8, 4) is 0 Å². The lowest BCUT2D eigenvalue weighted by Crippen LogP contribution is -2.49. The Morgan fingerprint density at radius 1 is 1.06 bits per heavy atom. The highest BCUT2D eigenvalue weighted by Gasteiger charge is 2.32. The molecule has 3 heterocycles. The highest BCUT2D eigenvalue weighted by Crippen LogP contribution is 2.33. The van der Waals surface area contributed by atoms with Crippen LogP contribution in [0.4, 0.5) is 26.2 Å². The number of anilines is 3. The Morgan fingerprint density at radius 2 is 1.89 bits per heavy atom. The highest BCUT2D eigenvalue weighted by atomic mass is 19.1. The van der Waals surface area contributed by atoms with Crippen molar-refractivity contribution in [2.45, 2.75) is 25.8 Å². The molecule has 0 aliphatic carbocycles. The van der Waals surface area contributed by atoms with Crippen molar-refractivity contribution in [3.05, 3.63) is 83.8 Å². The number of carbonyl (C=O) groups excluding carboxylic acids is 1. The summed E-state index contributed by atoms with van der Waals surface area (Å²) in [5, 5.41) is 7.15. The maximum atomic E-state index is 15.3. The number of piperidine rings is 1. The molecule has 1 amide bonds. The number of hydrogen-bond donors (Lipinski definition) is 2. The number of hydrogen-bond acceptors (Lipinski definition) is 6. The molecule has 0 unspecified atom stereocenters. The molecule has 0 spiro atoms. The van der Waals surface area contributed by atoms with Crippen LogP contribution in [0.15, 0.2) is 61.1 Å². The molecule has 1 atom stereocenters. The van der Waals surface area contributed by atoms with Gasteiger partial charge in [-0.25, -0.2) is 23.7 Å². The molecule has 2 aromatic carbocycles. The van der Waals surface area contributed by atoms with Gasteiger partial charge < -0.3 is 10.6 Å². The summed E-state index contributed by atoms with van der Waals surface area (Å²) in [6.45, 7) is 3.22. The molecule has 7 nitrogen and oxygen atoms in total. The van der Waals surface area contributed by atoms with Gasteiger partial charge in [0.15, 0.2) is 0 Å². The molecule has 0 radical (unpaired) electrons. The van der Waals surface area contributed by atoms with E-state index in [-0.39, 0.29) is 11.6 Å². The van der Waals surface area contributed by atoms with Crippen LogP contribution in [0.25, 0.3) is 10.8 Å². The van der Waals surface area contributed by atoms with E-state index in [4.69, 9.17) is 0 Å². The minimum atomic E-state index is -0.687. The lowest BCUT2D eigenvalue weighted by Gasteiger charge is -2.35. The van der Waals surface area contributed by atoms with E-state index in [2.05, 4.69) is 25.6 Å². The van der Waals surface area contributed by atoms with E-state index >= 15 is 4.39 Å². The summed E-state index contributed by atoms with van der Waals surface area (Å²) in [6, 6.07) is 10.4. The van der Waals surface area contributed by atoms with E-state index in [0.29, 0.717) is 34.8 Å². The Hall–Kier alpha value is -3.98.